The van der Waals surface area contributed by atoms with E-state index in [-0.39, 0.29) is 5.28 Å². The first kappa shape index (κ1) is 12.1. The largest absolute Gasteiger partial charge is 0.381 e. The Kier molecular flexibility index (Phi) is 4.37. The maximum Gasteiger partial charge on any atom is 0.224 e. The SMILES string of the molecule is Clc1ncc(Br)c(NCC2CCCOC2)n1. The molecule has 1 aromatic heterocycles. The molecule has 1 N–H and O–H groups in total. The molecule has 6 heteroatoms. The minimum absolute atomic E-state index is 0.255. The molecule has 16 heavy (non-hydrogen) atoms. The van der Waals surface area contributed by atoms with Gasteiger partial charge < -0.3 is 10.1 Å². The zero-order valence-electron chi connectivity index (χ0n) is 8.75. The molecule has 0 amide bonds. The molecule has 1 atom stereocenters. The van der Waals surface area contributed by atoms with Crippen LogP contribution in [0.2, 0.25) is 5.28 Å². The topological polar surface area (TPSA) is 47.0 Å². The molecule has 88 valence electrons. The number of hydrogen-bond donors (Lipinski definition) is 1. The van der Waals surface area contributed by atoms with Gasteiger partial charge in [0.1, 0.15) is 5.82 Å². The van der Waals surface area contributed by atoms with Crippen LogP contribution in [0.4, 0.5) is 5.82 Å². The van der Waals surface area contributed by atoms with Crippen molar-refractivity contribution in [3.63, 3.8) is 0 Å². The van der Waals surface area contributed by atoms with Gasteiger partial charge in [0.25, 0.3) is 0 Å². The van der Waals surface area contributed by atoms with Crippen molar-refractivity contribution in [1.29, 1.82) is 0 Å². The standard InChI is InChI=1S/C10H13BrClN3O/c11-8-5-14-10(12)15-9(8)13-4-7-2-1-3-16-6-7/h5,7H,1-4,6H2,(H,13,14,15). The average Bonchev–Trinajstić information content (AvgIpc) is 2.32. The summed E-state index contributed by atoms with van der Waals surface area (Å²) in [5, 5.41) is 3.52. The Balaban J connectivity index is 1.90. The molecule has 0 bridgehead atoms. The van der Waals surface area contributed by atoms with E-state index in [1.165, 1.54) is 6.42 Å². The molecule has 1 unspecified atom stereocenters. The van der Waals surface area contributed by atoms with Crippen LogP contribution >= 0.6 is 27.5 Å². The van der Waals surface area contributed by atoms with Crippen LogP contribution in [0, 0.1) is 5.92 Å². The fourth-order valence-corrected chi connectivity index (χ4v) is 2.14. The van der Waals surface area contributed by atoms with Crippen molar-refractivity contribution in [1.82, 2.24) is 9.97 Å². The second-order valence-electron chi connectivity index (χ2n) is 3.80. The summed E-state index contributed by atoms with van der Waals surface area (Å²) in [6, 6.07) is 0. The van der Waals surface area contributed by atoms with Gasteiger partial charge in [0, 0.05) is 19.3 Å². The first-order valence-electron chi connectivity index (χ1n) is 5.25. The van der Waals surface area contributed by atoms with E-state index in [4.69, 9.17) is 16.3 Å². The number of anilines is 1. The molecule has 4 nitrogen and oxygen atoms in total. The maximum absolute atomic E-state index is 5.73. The quantitative estimate of drug-likeness (QED) is 0.872. The number of hydrogen-bond acceptors (Lipinski definition) is 4. The lowest BCUT2D eigenvalue weighted by Crippen LogP contribution is -2.24. The Morgan fingerprint density at radius 1 is 1.62 bits per heavy atom. The molecule has 0 aromatic carbocycles. The number of halogens is 2. The van der Waals surface area contributed by atoms with E-state index in [9.17, 15) is 0 Å². The fraction of sp³-hybridized carbons (Fsp3) is 0.600. The molecule has 2 rings (SSSR count). The molecule has 1 fully saturated rings. The van der Waals surface area contributed by atoms with Gasteiger partial charge in [0.2, 0.25) is 5.28 Å². The van der Waals surface area contributed by atoms with Gasteiger partial charge >= 0.3 is 0 Å². The lowest BCUT2D eigenvalue weighted by Gasteiger charge is -2.22. The molecule has 0 radical (unpaired) electrons. The van der Waals surface area contributed by atoms with E-state index in [0.717, 1.165) is 36.5 Å². The van der Waals surface area contributed by atoms with Crippen molar-refractivity contribution >= 4 is 33.3 Å². The molecule has 1 aliphatic heterocycles. The Labute approximate surface area is 108 Å². The van der Waals surface area contributed by atoms with E-state index in [1.807, 2.05) is 0 Å². The van der Waals surface area contributed by atoms with Crippen LogP contribution in [0.15, 0.2) is 10.7 Å². The zero-order chi connectivity index (χ0) is 11.4. The van der Waals surface area contributed by atoms with Gasteiger partial charge in [-0.1, -0.05) is 0 Å². The first-order chi connectivity index (χ1) is 7.75. The first-order valence-corrected chi connectivity index (χ1v) is 6.42. The summed E-state index contributed by atoms with van der Waals surface area (Å²) < 4.78 is 6.24. The lowest BCUT2D eigenvalue weighted by molar-refractivity contribution is 0.0595. The highest BCUT2D eigenvalue weighted by Crippen LogP contribution is 2.21. The van der Waals surface area contributed by atoms with Crippen molar-refractivity contribution in [3.8, 4) is 0 Å². The van der Waals surface area contributed by atoms with Crippen LogP contribution in [-0.2, 0) is 4.74 Å². The average molecular weight is 307 g/mol. The molecule has 0 saturated carbocycles. The highest BCUT2D eigenvalue weighted by molar-refractivity contribution is 9.10. The summed E-state index contributed by atoms with van der Waals surface area (Å²) in [6.07, 6.45) is 3.98. The zero-order valence-corrected chi connectivity index (χ0v) is 11.1. The Morgan fingerprint density at radius 3 is 3.25 bits per heavy atom. The van der Waals surface area contributed by atoms with Crippen LogP contribution < -0.4 is 5.32 Å². The highest BCUT2D eigenvalue weighted by atomic mass is 79.9. The summed E-state index contributed by atoms with van der Waals surface area (Å²) in [7, 11) is 0. The number of rotatable bonds is 3. The predicted octanol–water partition coefficient (Wildman–Crippen LogP) is 2.73. The van der Waals surface area contributed by atoms with E-state index >= 15 is 0 Å². The van der Waals surface area contributed by atoms with Crippen molar-refractivity contribution in [2.75, 3.05) is 25.1 Å². The second-order valence-corrected chi connectivity index (χ2v) is 4.99. The van der Waals surface area contributed by atoms with Crippen LogP contribution in [-0.4, -0.2) is 29.7 Å². The Hall–Kier alpha value is -0.390. The number of aromatic nitrogens is 2. The summed E-state index contributed by atoms with van der Waals surface area (Å²) in [4.78, 5) is 7.99. The summed E-state index contributed by atoms with van der Waals surface area (Å²) in [5.41, 5.74) is 0. The van der Waals surface area contributed by atoms with Gasteiger partial charge in [-0.25, -0.2) is 4.98 Å². The second kappa shape index (κ2) is 5.80. The summed E-state index contributed by atoms with van der Waals surface area (Å²) in [6.45, 7) is 2.56. The van der Waals surface area contributed by atoms with Gasteiger partial charge in [-0.15, -0.1) is 0 Å². The molecule has 2 heterocycles. The van der Waals surface area contributed by atoms with Gasteiger partial charge in [-0.2, -0.15) is 4.98 Å². The number of nitrogens with one attached hydrogen (secondary N) is 1. The molecule has 1 aliphatic rings. The molecule has 1 aromatic rings. The highest BCUT2D eigenvalue weighted by Gasteiger charge is 2.14. The van der Waals surface area contributed by atoms with E-state index in [2.05, 4.69) is 31.2 Å². The number of nitrogens with zero attached hydrogens (tertiary/aromatic N) is 2. The van der Waals surface area contributed by atoms with Crippen LogP contribution in [0.3, 0.4) is 0 Å². The predicted molar refractivity (Wildman–Crippen MR) is 66.8 cm³/mol. The van der Waals surface area contributed by atoms with Gasteiger partial charge in [-0.05, 0) is 46.3 Å². The molecule has 0 aliphatic carbocycles. The third-order valence-corrected chi connectivity index (χ3v) is 3.29. The minimum atomic E-state index is 0.255. The maximum atomic E-state index is 5.73. The van der Waals surface area contributed by atoms with Crippen molar-refractivity contribution in [2.45, 2.75) is 12.8 Å². The van der Waals surface area contributed by atoms with E-state index < -0.39 is 0 Å². The molecule has 1 saturated heterocycles. The van der Waals surface area contributed by atoms with Crippen molar-refractivity contribution in [3.05, 3.63) is 16.0 Å². The van der Waals surface area contributed by atoms with Crippen LogP contribution in [0.5, 0.6) is 0 Å². The van der Waals surface area contributed by atoms with E-state index in [1.54, 1.807) is 6.20 Å². The van der Waals surface area contributed by atoms with Crippen LogP contribution in [0.1, 0.15) is 12.8 Å². The Morgan fingerprint density at radius 2 is 2.50 bits per heavy atom. The molecular formula is C10H13BrClN3O. The third-order valence-electron chi connectivity index (χ3n) is 2.53. The fourth-order valence-electron chi connectivity index (χ4n) is 1.68. The number of ether oxygens (including phenoxy) is 1. The smallest absolute Gasteiger partial charge is 0.224 e. The molecule has 0 spiro atoms. The van der Waals surface area contributed by atoms with Gasteiger partial charge in [-0.3, -0.25) is 0 Å². The van der Waals surface area contributed by atoms with Crippen molar-refractivity contribution < 1.29 is 4.74 Å². The van der Waals surface area contributed by atoms with Crippen molar-refractivity contribution in [2.24, 2.45) is 5.92 Å². The normalized spacial score (nSPS) is 20.8. The minimum Gasteiger partial charge on any atom is -0.381 e. The van der Waals surface area contributed by atoms with Gasteiger partial charge in [0.05, 0.1) is 11.1 Å². The summed E-state index contributed by atoms with van der Waals surface area (Å²) in [5.74, 6) is 1.29. The molecular weight excluding hydrogens is 293 g/mol. The Bertz CT molecular complexity index is 358. The lowest BCUT2D eigenvalue weighted by atomic mass is 10.0. The summed E-state index contributed by atoms with van der Waals surface area (Å²) >= 11 is 9.11. The van der Waals surface area contributed by atoms with E-state index in [0.29, 0.717) is 5.92 Å². The van der Waals surface area contributed by atoms with Crippen LogP contribution in [0.25, 0.3) is 0 Å². The monoisotopic (exact) mass is 305 g/mol. The third kappa shape index (κ3) is 3.30. The van der Waals surface area contributed by atoms with Gasteiger partial charge in [0.15, 0.2) is 0 Å².